The van der Waals surface area contributed by atoms with E-state index in [0.29, 0.717) is 11.7 Å². The topological polar surface area (TPSA) is 17.1 Å². The highest BCUT2D eigenvalue weighted by molar-refractivity contribution is 7.10. The van der Waals surface area contributed by atoms with Crippen molar-refractivity contribution in [1.82, 2.24) is 0 Å². The van der Waals surface area contributed by atoms with Crippen molar-refractivity contribution in [2.24, 2.45) is 5.92 Å². The smallest absolute Gasteiger partial charge is 0.133 e. The molecule has 2 heteroatoms. The second-order valence-corrected chi connectivity index (χ2v) is 5.46. The van der Waals surface area contributed by atoms with Gasteiger partial charge in [-0.05, 0) is 31.2 Å². The molecule has 82 valence electrons. The van der Waals surface area contributed by atoms with Gasteiger partial charge in [-0.3, -0.25) is 4.79 Å². The Morgan fingerprint density at radius 1 is 1.33 bits per heavy atom. The third-order valence-corrected chi connectivity index (χ3v) is 4.45. The Balaban J connectivity index is 2.20. The van der Waals surface area contributed by atoms with Crippen LogP contribution in [0.4, 0.5) is 0 Å². The Kier molecular flexibility index (Phi) is 3.57. The second-order valence-electron chi connectivity index (χ2n) is 4.48. The molecule has 0 N–H and O–H groups in total. The number of carbonyl (C=O) groups is 1. The van der Waals surface area contributed by atoms with Gasteiger partial charge in [-0.1, -0.05) is 25.3 Å². The maximum atomic E-state index is 11.7. The first-order valence-corrected chi connectivity index (χ1v) is 6.71. The molecule has 2 rings (SSSR count). The first-order chi connectivity index (χ1) is 7.29. The Labute approximate surface area is 95.5 Å². The summed E-state index contributed by atoms with van der Waals surface area (Å²) in [5, 5.41) is 2.12. The average Bonchev–Trinajstić information content (AvgIpc) is 2.61. The van der Waals surface area contributed by atoms with Crippen molar-refractivity contribution in [3.63, 3.8) is 0 Å². The van der Waals surface area contributed by atoms with Crippen LogP contribution in [0.3, 0.4) is 0 Å². The quantitative estimate of drug-likeness (QED) is 0.691. The molecule has 1 heterocycles. The summed E-state index contributed by atoms with van der Waals surface area (Å²) in [4.78, 5) is 13.1. The maximum absolute atomic E-state index is 11.7. The number of rotatable bonds is 2. The van der Waals surface area contributed by atoms with Gasteiger partial charge in [0.1, 0.15) is 5.78 Å². The second kappa shape index (κ2) is 4.93. The summed E-state index contributed by atoms with van der Waals surface area (Å²) in [5.41, 5.74) is 0. The molecule has 2 unspecified atom stereocenters. The lowest BCUT2D eigenvalue weighted by atomic mass is 9.84. The summed E-state index contributed by atoms with van der Waals surface area (Å²) in [5.74, 6) is 1.17. The predicted molar refractivity (Wildman–Crippen MR) is 64.3 cm³/mol. The van der Waals surface area contributed by atoms with E-state index >= 15 is 0 Å². The van der Waals surface area contributed by atoms with Crippen molar-refractivity contribution in [2.75, 3.05) is 0 Å². The van der Waals surface area contributed by atoms with E-state index < -0.39 is 0 Å². The molecule has 0 radical (unpaired) electrons. The van der Waals surface area contributed by atoms with Crippen molar-refractivity contribution in [3.8, 4) is 0 Å². The lowest BCUT2D eigenvalue weighted by Gasteiger charge is -2.21. The van der Waals surface area contributed by atoms with Crippen molar-refractivity contribution in [2.45, 2.75) is 44.9 Å². The minimum Gasteiger partial charge on any atom is -0.300 e. The van der Waals surface area contributed by atoms with Gasteiger partial charge in [0.2, 0.25) is 0 Å². The van der Waals surface area contributed by atoms with Crippen LogP contribution >= 0.6 is 11.3 Å². The van der Waals surface area contributed by atoms with E-state index in [9.17, 15) is 4.79 Å². The van der Waals surface area contributed by atoms with Gasteiger partial charge in [-0.2, -0.15) is 0 Å². The molecule has 0 spiro atoms. The van der Waals surface area contributed by atoms with Crippen LogP contribution in [0.2, 0.25) is 0 Å². The molecule has 0 amide bonds. The standard InChI is InChI=1S/C13H18OS/c1-10(14)11-6-3-2-4-7-12(11)13-8-5-9-15-13/h5,8-9,11-12H,2-4,6-7H2,1H3. The number of carbonyl (C=O) groups excluding carboxylic acids is 1. The molecule has 1 aromatic heterocycles. The van der Waals surface area contributed by atoms with Gasteiger partial charge in [-0.25, -0.2) is 0 Å². The molecule has 1 saturated carbocycles. The fraction of sp³-hybridized carbons (Fsp3) is 0.615. The Bertz CT molecular complexity index is 315. The van der Waals surface area contributed by atoms with E-state index in [1.807, 2.05) is 11.3 Å². The molecular formula is C13H18OS. The average molecular weight is 222 g/mol. The van der Waals surface area contributed by atoms with Crippen LogP contribution in [0.25, 0.3) is 0 Å². The largest absolute Gasteiger partial charge is 0.300 e. The van der Waals surface area contributed by atoms with Crippen LogP contribution in [0.1, 0.15) is 49.8 Å². The highest BCUT2D eigenvalue weighted by Gasteiger charge is 2.28. The maximum Gasteiger partial charge on any atom is 0.133 e. The van der Waals surface area contributed by atoms with Crippen LogP contribution in [-0.4, -0.2) is 5.78 Å². The number of thiophene rings is 1. The normalized spacial score (nSPS) is 27.3. The van der Waals surface area contributed by atoms with E-state index in [4.69, 9.17) is 0 Å². The summed E-state index contributed by atoms with van der Waals surface area (Å²) < 4.78 is 0. The number of hydrogen-bond donors (Lipinski definition) is 0. The van der Waals surface area contributed by atoms with Gasteiger partial charge < -0.3 is 0 Å². The number of hydrogen-bond acceptors (Lipinski definition) is 2. The van der Waals surface area contributed by atoms with Gasteiger partial charge >= 0.3 is 0 Å². The Morgan fingerprint density at radius 2 is 2.13 bits per heavy atom. The van der Waals surface area contributed by atoms with Crippen molar-refractivity contribution >= 4 is 17.1 Å². The first kappa shape index (κ1) is 10.9. The van der Waals surface area contributed by atoms with Crippen LogP contribution in [0.5, 0.6) is 0 Å². The van der Waals surface area contributed by atoms with Gasteiger partial charge in [0.05, 0.1) is 0 Å². The minimum absolute atomic E-state index is 0.283. The minimum atomic E-state index is 0.283. The molecule has 1 aliphatic rings. The van der Waals surface area contributed by atoms with E-state index in [1.54, 1.807) is 6.92 Å². The third-order valence-electron chi connectivity index (χ3n) is 3.45. The highest BCUT2D eigenvalue weighted by Crippen LogP contribution is 2.38. The van der Waals surface area contributed by atoms with E-state index in [-0.39, 0.29) is 5.92 Å². The summed E-state index contributed by atoms with van der Waals surface area (Å²) in [6, 6.07) is 4.29. The van der Waals surface area contributed by atoms with Crippen LogP contribution in [0, 0.1) is 5.92 Å². The summed E-state index contributed by atoms with van der Waals surface area (Å²) in [6.07, 6.45) is 6.10. The fourth-order valence-electron chi connectivity index (χ4n) is 2.64. The number of ketones is 1. The molecule has 0 aliphatic heterocycles. The van der Waals surface area contributed by atoms with Crippen LogP contribution in [-0.2, 0) is 4.79 Å². The van der Waals surface area contributed by atoms with Gasteiger partial charge in [0.15, 0.2) is 0 Å². The van der Waals surface area contributed by atoms with Crippen molar-refractivity contribution in [1.29, 1.82) is 0 Å². The summed E-state index contributed by atoms with van der Waals surface area (Å²) in [7, 11) is 0. The predicted octanol–water partition coefficient (Wildman–Crippen LogP) is 4.00. The highest BCUT2D eigenvalue weighted by atomic mass is 32.1. The lowest BCUT2D eigenvalue weighted by Crippen LogP contribution is -2.18. The Hall–Kier alpha value is -0.630. The Morgan fingerprint density at radius 3 is 2.80 bits per heavy atom. The van der Waals surface area contributed by atoms with Crippen molar-refractivity contribution < 1.29 is 4.79 Å². The summed E-state index contributed by atoms with van der Waals surface area (Å²) >= 11 is 1.81. The monoisotopic (exact) mass is 222 g/mol. The van der Waals surface area contributed by atoms with Crippen molar-refractivity contribution in [3.05, 3.63) is 22.4 Å². The molecule has 0 saturated heterocycles. The van der Waals surface area contributed by atoms with E-state index in [1.165, 1.54) is 30.6 Å². The van der Waals surface area contributed by atoms with Gasteiger partial charge in [0, 0.05) is 16.7 Å². The molecule has 15 heavy (non-hydrogen) atoms. The molecule has 2 atom stereocenters. The van der Waals surface area contributed by atoms with Crippen LogP contribution in [0.15, 0.2) is 17.5 Å². The van der Waals surface area contributed by atoms with Crippen LogP contribution < -0.4 is 0 Å². The summed E-state index contributed by atoms with van der Waals surface area (Å²) in [6.45, 7) is 1.76. The SMILES string of the molecule is CC(=O)C1CCCCCC1c1cccs1. The third kappa shape index (κ3) is 2.49. The zero-order valence-corrected chi connectivity index (χ0v) is 10.1. The molecule has 1 nitrogen and oxygen atoms in total. The molecule has 1 aliphatic carbocycles. The van der Waals surface area contributed by atoms with E-state index in [2.05, 4.69) is 17.5 Å². The first-order valence-electron chi connectivity index (χ1n) is 5.83. The fourth-order valence-corrected chi connectivity index (χ4v) is 3.57. The molecule has 1 aromatic rings. The molecule has 0 bridgehead atoms. The van der Waals surface area contributed by atoms with Gasteiger partial charge in [-0.15, -0.1) is 11.3 Å². The molecular weight excluding hydrogens is 204 g/mol. The molecule has 0 aromatic carbocycles. The van der Waals surface area contributed by atoms with Gasteiger partial charge in [0.25, 0.3) is 0 Å². The number of Topliss-reactive ketones (excluding diaryl/α,β-unsaturated/α-hetero) is 1. The zero-order valence-electron chi connectivity index (χ0n) is 9.24. The lowest BCUT2D eigenvalue weighted by molar-refractivity contribution is -0.121. The van der Waals surface area contributed by atoms with E-state index in [0.717, 1.165) is 6.42 Å². The molecule has 1 fully saturated rings. The zero-order chi connectivity index (χ0) is 10.7.